The maximum absolute atomic E-state index is 9.33. The van der Waals surface area contributed by atoms with E-state index in [1.165, 1.54) is 12.8 Å². The first-order valence-corrected chi connectivity index (χ1v) is 9.88. The van der Waals surface area contributed by atoms with Crippen LogP contribution in [0.2, 0.25) is 0 Å². The summed E-state index contributed by atoms with van der Waals surface area (Å²) < 4.78 is 0. The van der Waals surface area contributed by atoms with Crippen LogP contribution >= 0.6 is 0 Å². The highest BCUT2D eigenvalue weighted by molar-refractivity contribution is 5.60. The Kier molecular flexibility index (Phi) is 5.67. The zero-order valence-corrected chi connectivity index (χ0v) is 16.1. The van der Waals surface area contributed by atoms with Gasteiger partial charge in [-0.1, -0.05) is 6.92 Å². The first-order valence-electron chi connectivity index (χ1n) is 9.88. The molecule has 0 aromatic carbocycles. The Hall–Kier alpha value is -2.73. The zero-order valence-electron chi connectivity index (χ0n) is 16.1. The summed E-state index contributed by atoms with van der Waals surface area (Å²) in [6.45, 7) is 2.15. The molecule has 1 N–H and O–H groups in total. The van der Waals surface area contributed by atoms with Gasteiger partial charge >= 0.3 is 0 Å². The predicted molar refractivity (Wildman–Crippen MR) is 106 cm³/mol. The van der Waals surface area contributed by atoms with E-state index in [0.717, 1.165) is 46.5 Å². The summed E-state index contributed by atoms with van der Waals surface area (Å²) in [4.78, 5) is 22.7. The van der Waals surface area contributed by atoms with Gasteiger partial charge in [0.25, 0.3) is 0 Å². The number of rotatable bonds is 8. The number of pyridine rings is 1. The molecule has 3 heterocycles. The van der Waals surface area contributed by atoms with E-state index in [1.807, 2.05) is 37.5 Å². The van der Waals surface area contributed by atoms with Crippen molar-refractivity contribution in [2.75, 3.05) is 6.61 Å². The van der Waals surface area contributed by atoms with Crippen LogP contribution in [0.3, 0.4) is 0 Å². The summed E-state index contributed by atoms with van der Waals surface area (Å²) in [6, 6.07) is 5.89. The van der Waals surface area contributed by atoms with Gasteiger partial charge in [-0.2, -0.15) is 0 Å². The minimum absolute atomic E-state index is 0.146. The molecule has 1 atom stereocenters. The molecule has 0 unspecified atom stereocenters. The maximum Gasteiger partial charge on any atom is 0.133 e. The van der Waals surface area contributed by atoms with Crippen LogP contribution < -0.4 is 0 Å². The van der Waals surface area contributed by atoms with E-state index >= 15 is 0 Å². The van der Waals surface area contributed by atoms with Gasteiger partial charge in [0, 0.05) is 49.8 Å². The quantitative estimate of drug-likeness (QED) is 0.651. The number of nitrogens with zero attached hydrogens (tertiary/aromatic N) is 5. The van der Waals surface area contributed by atoms with Gasteiger partial charge < -0.3 is 5.11 Å². The smallest absolute Gasteiger partial charge is 0.133 e. The van der Waals surface area contributed by atoms with Crippen molar-refractivity contribution in [1.82, 2.24) is 24.9 Å². The molecular formula is C22H25N5O. The average Bonchev–Trinajstić information content (AvgIpc) is 3.53. The number of aromatic nitrogens is 5. The summed E-state index contributed by atoms with van der Waals surface area (Å²) in [5.41, 5.74) is 4.06. The van der Waals surface area contributed by atoms with Gasteiger partial charge in [-0.15, -0.1) is 0 Å². The highest BCUT2D eigenvalue weighted by atomic mass is 16.3. The minimum atomic E-state index is 0.146. The third-order valence-corrected chi connectivity index (χ3v) is 5.03. The Labute approximate surface area is 165 Å². The summed E-state index contributed by atoms with van der Waals surface area (Å²) in [5, 5.41) is 9.33. The van der Waals surface area contributed by atoms with Gasteiger partial charge in [0.15, 0.2) is 0 Å². The van der Waals surface area contributed by atoms with Crippen molar-refractivity contribution in [3.8, 4) is 11.3 Å². The van der Waals surface area contributed by atoms with Crippen molar-refractivity contribution in [3.63, 3.8) is 0 Å². The van der Waals surface area contributed by atoms with Gasteiger partial charge in [0.1, 0.15) is 11.6 Å². The molecule has 6 heteroatoms. The van der Waals surface area contributed by atoms with Crippen molar-refractivity contribution in [2.24, 2.45) is 11.8 Å². The van der Waals surface area contributed by atoms with Crippen molar-refractivity contribution in [2.45, 2.75) is 39.0 Å². The summed E-state index contributed by atoms with van der Waals surface area (Å²) in [7, 11) is 0. The highest BCUT2D eigenvalue weighted by Crippen LogP contribution is 2.34. The van der Waals surface area contributed by atoms with Crippen LogP contribution in [-0.4, -0.2) is 36.6 Å². The second-order valence-electron chi connectivity index (χ2n) is 7.68. The number of hydrogen-bond donors (Lipinski definition) is 1. The van der Waals surface area contributed by atoms with Crippen LogP contribution in [0, 0.1) is 11.8 Å². The van der Waals surface area contributed by atoms with E-state index in [0.29, 0.717) is 12.8 Å². The van der Waals surface area contributed by atoms with Crippen molar-refractivity contribution in [1.29, 1.82) is 0 Å². The van der Waals surface area contributed by atoms with Crippen molar-refractivity contribution in [3.05, 3.63) is 65.9 Å². The Balaban J connectivity index is 1.62. The topological polar surface area (TPSA) is 84.7 Å². The molecule has 144 valence electrons. The molecule has 3 aromatic rings. The van der Waals surface area contributed by atoms with Gasteiger partial charge in [-0.3, -0.25) is 4.98 Å². The molecule has 1 aliphatic carbocycles. The largest absolute Gasteiger partial charge is 0.396 e. The monoisotopic (exact) mass is 375 g/mol. The fraction of sp³-hybridized carbons (Fsp3) is 0.409. The zero-order chi connectivity index (χ0) is 19.3. The average molecular weight is 375 g/mol. The molecule has 0 saturated heterocycles. The molecule has 0 spiro atoms. The lowest BCUT2D eigenvalue weighted by molar-refractivity contribution is 0.235. The second-order valence-corrected chi connectivity index (χ2v) is 7.68. The first kappa shape index (κ1) is 18.6. The predicted octanol–water partition coefficient (Wildman–Crippen LogP) is 3.04. The molecule has 0 bridgehead atoms. The van der Waals surface area contributed by atoms with Gasteiger partial charge in [0.05, 0.1) is 11.4 Å². The van der Waals surface area contributed by atoms with Crippen LogP contribution in [0.1, 0.15) is 42.7 Å². The van der Waals surface area contributed by atoms with Crippen LogP contribution in [0.5, 0.6) is 0 Å². The van der Waals surface area contributed by atoms with E-state index in [-0.39, 0.29) is 12.5 Å². The molecule has 1 saturated carbocycles. The number of hydrogen-bond acceptors (Lipinski definition) is 6. The van der Waals surface area contributed by atoms with E-state index in [2.05, 4.69) is 15.0 Å². The molecule has 0 aliphatic heterocycles. The molecule has 4 rings (SSSR count). The highest BCUT2D eigenvalue weighted by Gasteiger charge is 2.25. The fourth-order valence-electron chi connectivity index (χ4n) is 3.22. The lowest BCUT2D eigenvalue weighted by Crippen LogP contribution is -2.10. The summed E-state index contributed by atoms with van der Waals surface area (Å²) >= 11 is 0. The molecule has 1 fully saturated rings. The van der Waals surface area contributed by atoms with E-state index in [9.17, 15) is 5.11 Å². The van der Waals surface area contributed by atoms with Crippen LogP contribution in [0.4, 0.5) is 0 Å². The van der Waals surface area contributed by atoms with Crippen LogP contribution in [0.25, 0.3) is 11.3 Å². The van der Waals surface area contributed by atoms with Crippen LogP contribution in [0.15, 0.2) is 43.0 Å². The summed E-state index contributed by atoms with van der Waals surface area (Å²) in [5.74, 6) is 2.45. The molecule has 0 radical (unpaired) electrons. The van der Waals surface area contributed by atoms with Crippen molar-refractivity contribution < 1.29 is 5.11 Å². The van der Waals surface area contributed by atoms with Gasteiger partial charge in [-0.25, -0.2) is 19.9 Å². The van der Waals surface area contributed by atoms with Gasteiger partial charge in [-0.05, 0) is 54.9 Å². The lowest BCUT2D eigenvalue weighted by atomic mass is 10.1. The van der Waals surface area contributed by atoms with Gasteiger partial charge in [0.2, 0.25) is 0 Å². The van der Waals surface area contributed by atoms with E-state index in [4.69, 9.17) is 9.97 Å². The fourth-order valence-corrected chi connectivity index (χ4v) is 3.22. The Morgan fingerprint density at radius 1 is 1.04 bits per heavy atom. The Bertz CT molecular complexity index is 927. The Morgan fingerprint density at radius 3 is 2.61 bits per heavy atom. The van der Waals surface area contributed by atoms with E-state index in [1.54, 1.807) is 12.4 Å². The molecule has 6 nitrogen and oxygen atoms in total. The minimum Gasteiger partial charge on any atom is -0.396 e. The summed E-state index contributed by atoms with van der Waals surface area (Å²) in [6.07, 6.45) is 12.1. The second kappa shape index (κ2) is 8.52. The first-order chi connectivity index (χ1) is 13.7. The van der Waals surface area contributed by atoms with Crippen LogP contribution in [-0.2, 0) is 19.3 Å². The molecule has 1 aliphatic rings. The SMILES string of the molecule is C[C@@H](CO)Cc1ncc(-c2ccnc(Cc3ccncc3)n2)c(CC2CC2)n1. The number of aliphatic hydroxyl groups excluding tert-OH is 1. The third-order valence-electron chi connectivity index (χ3n) is 5.03. The number of aliphatic hydroxyl groups is 1. The molecule has 3 aromatic heterocycles. The lowest BCUT2D eigenvalue weighted by Gasteiger charge is -2.12. The van der Waals surface area contributed by atoms with E-state index < -0.39 is 0 Å². The normalized spacial score (nSPS) is 14.8. The van der Waals surface area contributed by atoms with Crippen molar-refractivity contribution >= 4 is 0 Å². The molecular weight excluding hydrogens is 350 g/mol. The maximum atomic E-state index is 9.33. The molecule has 0 amide bonds. The standard InChI is InChI=1S/C22H25N5O/c1-15(14-28)10-21-25-13-18(20(27-21)11-16-2-3-16)19-6-9-24-22(26-19)12-17-4-7-23-8-5-17/h4-9,13,15-16,28H,2-3,10-12,14H2,1H3/t15-/m1/s1. The molecule has 28 heavy (non-hydrogen) atoms. The third kappa shape index (κ3) is 4.75. The Morgan fingerprint density at radius 2 is 1.86 bits per heavy atom.